The van der Waals surface area contributed by atoms with Crippen molar-refractivity contribution in [3.05, 3.63) is 34.7 Å². The summed E-state index contributed by atoms with van der Waals surface area (Å²) in [6.07, 6.45) is -4.39. The van der Waals surface area contributed by atoms with Crippen molar-refractivity contribution >= 4 is 22.5 Å². The summed E-state index contributed by atoms with van der Waals surface area (Å²) in [5.41, 5.74) is -0.520. The molecule has 18 heavy (non-hydrogen) atoms. The van der Waals surface area contributed by atoms with Crippen molar-refractivity contribution in [3.63, 3.8) is 0 Å². The molecule has 1 aromatic carbocycles. The van der Waals surface area contributed by atoms with Gasteiger partial charge in [0.25, 0.3) is 0 Å². The molecule has 2 nitrogen and oxygen atoms in total. The second-order valence-corrected chi connectivity index (χ2v) is 4.62. The molecule has 0 N–H and O–H groups in total. The zero-order valence-corrected chi connectivity index (χ0v) is 10.5. The number of hydrogen-bond acceptors (Lipinski definition) is 2. The Bertz CT molecular complexity index is 594. The van der Waals surface area contributed by atoms with Crippen LogP contribution >= 0.6 is 11.6 Å². The Morgan fingerprint density at radius 3 is 2.39 bits per heavy atom. The summed E-state index contributed by atoms with van der Waals surface area (Å²) in [6, 6.07) is 3.27. The minimum absolute atomic E-state index is 0.00134. The molecule has 2 rings (SSSR count). The van der Waals surface area contributed by atoms with Gasteiger partial charge >= 0.3 is 6.18 Å². The van der Waals surface area contributed by atoms with Gasteiger partial charge in [0.2, 0.25) is 0 Å². The number of rotatable bonds is 1. The largest absolute Gasteiger partial charge is 0.416 e. The van der Waals surface area contributed by atoms with E-state index in [0.717, 1.165) is 12.1 Å². The number of aromatic nitrogens is 2. The molecule has 1 aromatic heterocycles. The van der Waals surface area contributed by atoms with Crippen LogP contribution in [0.3, 0.4) is 0 Å². The SMILES string of the molecule is CC(C)c1nc(Cl)c2ccc(C(F)(F)F)cc2n1. The standard InChI is InChI=1S/C12H10ClF3N2/c1-6(2)11-17-9-5-7(12(14,15)16)3-4-8(9)10(13)18-11/h3-6H,1-2H3. The molecule has 2 aromatic rings. The third-order valence-corrected chi connectivity index (χ3v) is 2.80. The van der Waals surface area contributed by atoms with Gasteiger partial charge in [-0.25, -0.2) is 9.97 Å². The zero-order valence-electron chi connectivity index (χ0n) is 9.72. The Balaban J connectivity index is 2.68. The molecular weight excluding hydrogens is 265 g/mol. The van der Waals surface area contributed by atoms with E-state index in [1.165, 1.54) is 6.07 Å². The normalized spacial score (nSPS) is 12.4. The van der Waals surface area contributed by atoms with Crippen LogP contribution in [-0.2, 0) is 6.18 Å². The average Bonchev–Trinajstić information content (AvgIpc) is 2.26. The van der Waals surface area contributed by atoms with Crippen LogP contribution in [-0.4, -0.2) is 9.97 Å². The summed E-state index contributed by atoms with van der Waals surface area (Å²) in [5, 5.41) is 0.603. The van der Waals surface area contributed by atoms with E-state index in [1.54, 1.807) is 0 Å². The van der Waals surface area contributed by atoms with Crippen LogP contribution in [0, 0.1) is 0 Å². The van der Waals surface area contributed by atoms with Crippen molar-refractivity contribution in [1.82, 2.24) is 9.97 Å². The molecule has 6 heteroatoms. The van der Waals surface area contributed by atoms with E-state index in [9.17, 15) is 13.2 Å². The average molecular weight is 275 g/mol. The molecule has 0 amide bonds. The molecule has 0 spiro atoms. The number of hydrogen-bond donors (Lipinski definition) is 0. The number of halogens is 4. The minimum atomic E-state index is -4.39. The van der Waals surface area contributed by atoms with Crippen molar-refractivity contribution in [1.29, 1.82) is 0 Å². The van der Waals surface area contributed by atoms with Crippen molar-refractivity contribution in [2.75, 3.05) is 0 Å². The van der Waals surface area contributed by atoms with Gasteiger partial charge in [0, 0.05) is 11.3 Å². The molecule has 0 fully saturated rings. The van der Waals surface area contributed by atoms with Crippen LogP contribution in [0.15, 0.2) is 18.2 Å². The molecule has 1 heterocycles. The molecule has 0 atom stereocenters. The van der Waals surface area contributed by atoms with Crippen LogP contribution in [0.25, 0.3) is 10.9 Å². The van der Waals surface area contributed by atoms with Gasteiger partial charge < -0.3 is 0 Å². The van der Waals surface area contributed by atoms with Crippen molar-refractivity contribution in [3.8, 4) is 0 Å². The van der Waals surface area contributed by atoms with Gasteiger partial charge in [0.05, 0.1) is 11.1 Å². The van der Waals surface area contributed by atoms with Gasteiger partial charge in [-0.3, -0.25) is 0 Å². The Morgan fingerprint density at radius 2 is 1.83 bits per heavy atom. The Morgan fingerprint density at radius 1 is 1.17 bits per heavy atom. The van der Waals surface area contributed by atoms with Crippen molar-refractivity contribution in [2.45, 2.75) is 25.9 Å². The van der Waals surface area contributed by atoms with Crippen LogP contribution in [0.2, 0.25) is 5.15 Å². The summed E-state index contributed by atoms with van der Waals surface area (Å²) < 4.78 is 37.8. The molecule has 0 saturated carbocycles. The number of fused-ring (bicyclic) bond motifs is 1. The molecule has 0 aliphatic rings. The quantitative estimate of drug-likeness (QED) is 0.719. The molecule has 0 radical (unpaired) electrons. The van der Waals surface area contributed by atoms with E-state index in [0.29, 0.717) is 11.2 Å². The number of benzene rings is 1. The molecule has 96 valence electrons. The first-order valence-electron chi connectivity index (χ1n) is 5.33. The van der Waals surface area contributed by atoms with Gasteiger partial charge in [-0.2, -0.15) is 13.2 Å². The smallest absolute Gasteiger partial charge is 0.233 e. The summed E-state index contributed by atoms with van der Waals surface area (Å²) >= 11 is 5.94. The van der Waals surface area contributed by atoms with E-state index >= 15 is 0 Å². The highest BCUT2D eigenvalue weighted by atomic mass is 35.5. The lowest BCUT2D eigenvalue weighted by Gasteiger charge is -2.10. The molecular formula is C12H10ClF3N2. The van der Waals surface area contributed by atoms with Crippen molar-refractivity contribution in [2.24, 2.45) is 0 Å². The Kier molecular flexibility index (Phi) is 3.19. The number of alkyl halides is 3. The first-order chi connectivity index (χ1) is 8.29. The van der Waals surface area contributed by atoms with Gasteiger partial charge in [-0.1, -0.05) is 25.4 Å². The molecule has 0 bridgehead atoms. The van der Waals surface area contributed by atoms with E-state index in [4.69, 9.17) is 11.6 Å². The maximum Gasteiger partial charge on any atom is 0.416 e. The molecule has 0 aliphatic carbocycles. The van der Waals surface area contributed by atoms with E-state index < -0.39 is 11.7 Å². The molecule has 0 aliphatic heterocycles. The van der Waals surface area contributed by atoms with Crippen molar-refractivity contribution < 1.29 is 13.2 Å². The first-order valence-corrected chi connectivity index (χ1v) is 5.71. The van der Waals surface area contributed by atoms with E-state index in [2.05, 4.69) is 9.97 Å². The summed E-state index contributed by atoms with van der Waals surface area (Å²) in [4.78, 5) is 8.18. The van der Waals surface area contributed by atoms with E-state index in [-0.39, 0.29) is 16.6 Å². The Labute approximate surface area is 107 Å². The predicted molar refractivity (Wildman–Crippen MR) is 63.6 cm³/mol. The maximum absolute atomic E-state index is 12.6. The molecule has 0 unspecified atom stereocenters. The third-order valence-electron chi connectivity index (χ3n) is 2.51. The fourth-order valence-corrected chi connectivity index (χ4v) is 1.79. The van der Waals surface area contributed by atoms with Crippen LogP contribution in [0.5, 0.6) is 0 Å². The van der Waals surface area contributed by atoms with Gasteiger partial charge in [0.15, 0.2) is 0 Å². The lowest BCUT2D eigenvalue weighted by Crippen LogP contribution is -2.05. The second kappa shape index (κ2) is 4.39. The zero-order chi connectivity index (χ0) is 13.5. The summed E-state index contributed by atoms with van der Waals surface area (Å²) in [5.74, 6) is 0.438. The van der Waals surface area contributed by atoms with Crippen LogP contribution in [0.1, 0.15) is 31.2 Å². The highest BCUT2D eigenvalue weighted by Gasteiger charge is 2.30. The second-order valence-electron chi connectivity index (χ2n) is 4.26. The summed E-state index contributed by atoms with van der Waals surface area (Å²) in [7, 11) is 0. The topological polar surface area (TPSA) is 25.8 Å². The predicted octanol–water partition coefficient (Wildman–Crippen LogP) is 4.43. The van der Waals surface area contributed by atoms with Crippen LogP contribution < -0.4 is 0 Å². The summed E-state index contributed by atoms with van der Waals surface area (Å²) in [6.45, 7) is 3.70. The molecule has 0 saturated heterocycles. The fourth-order valence-electron chi connectivity index (χ4n) is 1.54. The highest BCUT2D eigenvalue weighted by molar-refractivity contribution is 6.34. The highest BCUT2D eigenvalue weighted by Crippen LogP contribution is 2.32. The minimum Gasteiger partial charge on any atom is -0.233 e. The third kappa shape index (κ3) is 2.41. The first kappa shape index (κ1) is 13.1. The van der Waals surface area contributed by atoms with Gasteiger partial charge in [0.1, 0.15) is 11.0 Å². The monoisotopic (exact) mass is 274 g/mol. The number of nitrogens with zero attached hydrogens (tertiary/aromatic N) is 2. The lowest BCUT2D eigenvalue weighted by molar-refractivity contribution is -0.137. The fraction of sp³-hybridized carbons (Fsp3) is 0.333. The Hall–Kier alpha value is -1.36. The maximum atomic E-state index is 12.6. The van der Waals surface area contributed by atoms with Gasteiger partial charge in [-0.05, 0) is 18.2 Å². The van der Waals surface area contributed by atoms with Crippen LogP contribution in [0.4, 0.5) is 13.2 Å². The lowest BCUT2D eigenvalue weighted by atomic mass is 10.1. The van der Waals surface area contributed by atoms with Gasteiger partial charge in [-0.15, -0.1) is 0 Å². The van der Waals surface area contributed by atoms with E-state index in [1.807, 2.05) is 13.8 Å².